The molecule has 0 aliphatic heterocycles. The average molecular weight is 190 g/mol. The third-order valence-corrected chi connectivity index (χ3v) is 2.07. The number of hydrogen-bond donors (Lipinski definition) is 2. The van der Waals surface area contributed by atoms with E-state index >= 15 is 0 Å². The van der Waals surface area contributed by atoms with Gasteiger partial charge in [-0.05, 0) is 19.6 Å². The van der Waals surface area contributed by atoms with Crippen LogP contribution in [-0.4, -0.2) is 30.5 Å². The molecule has 0 aromatic rings. The maximum atomic E-state index is 11.0. The Labute approximate surface area is 78.5 Å². The van der Waals surface area contributed by atoms with Crippen LogP contribution in [-0.2, 0) is 4.79 Å². The topological polar surface area (TPSA) is 55.1 Å². The first-order valence-corrected chi connectivity index (χ1v) is 5.57. The molecule has 1 unspecified atom stereocenters. The van der Waals surface area contributed by atoms with Crippen LogP contribution in [0.15, 0.2) is 0 Å². The van der Waals surface area contributed by atoms with E-state index in [1.54, 1.807) is 11.8 Å². The molecule has 1 amide bonds. The first-order chi connectivity index (χ1) is 5.66. The molecule has 12 heavy (non-hydrogen) atoms. The number of rotatable bonds is 6. The highest BCUT2D eigenvalue weighted by atomic mass is 32.2. The van der Waals surface area contributed by atoms with Gasteiger partial charge < -0.3 is 11.1 Å². The molecule has 0 rings (SSSR count). The average Bonchev–Trinajstić information content (AvgIpc) is 2.00. The molecular weight excluding hydrogens is 172 g/mol. The van der Waals surface area contributed by atoms with Crippen LogP contribution in [0.5, 0.6) is 0 Å². The lowest BCUT2D eigenvalue weighted by molar-refractivity contribution is -0.120. The molecule has 3 nitrogen and oxygen atoms in total. The molecular formula is C8H18N2OS. The zero-order valence-corrected chi connectivity index (χ0v) is 8.62. The van der Waals surface area contributed by atoms with Crippen molar-refractivity contribution < 1.29 is 4.79 Å². The summed E-state index contributed by atoms with van der Waals surface area (Å²) in [6.07, 6.45) is 3.46. The minimum Gasteiger partial charge on any atom is -0.356 e. The van der Waals surface area contributed by atoms with E-state index in [1.165, 1.54) is 0 Å². The van der Waals surface area contributed by atoms with Crippen molar-refractivity contribution in [3.8, 4) is 0 Å². The van der Waals surface area contributed by atoms with Gasteiger partial charge in [0.05, 0.1) is 0 Å². The van der Waals surface area contributed by atoms with Crippen LogP contribution >= 0.6 is 11.8 Å². The number of thioether (sulfide) groups is 1. The largest absolute Gasteiger partial charge is 0.356 e. The Morgan fingerprint density at radius 3 is 2.83 bits per heavy atom. The number of nitrogens with two attached hydrogens (primary N) is 1. The summed E-state index contributed by atoms with van der Waals surface area (Å²) in [5, 5.41) is 2.82. The quantitative estimate of drug-likeness (QED) is 0.644. The van der Waals surface area contributed by atoms with Gasteiger partial charge in [0, 0.05) is 24.8 Å². The summed E-state index contributed by atoms with van der Waals surface area (Å²) >= 11 is 1.68. The van der Waals surface area contributed by atoms with Crippen LogP contribution in [0, 0.1) is 0 Å². The third kappa shape index (κ3) is 7.88. The Morgan fingerprint density at radius 1 is 1.67 bits per heavy atom. The second-order valence-corrected chi connectivity index (χ2v) is 3.84. The van der Waals surface area contributed by atoms with Gasteiger partial charge in [0.15, 0.2) is 0 Å². The zero-order valence-electron chi connectivity index (χ0n) is 7.80. The molecule has 0 spiro atoms. The van der Waals surface area contributed by atoms with Gasteiger partial charge in [-0.1, -0.05) is 0 Å². The van der Waals surface area contributed by atoms with Crippen LogP contribution in [0.1, 0.15) is 19.8 Å². The standard InChI is InChI=1S/C8H18N2OS/c1-7(9)3-5-10-8(11)4-6-12-2/h7H,3-6,9H2,1-2H3,(H,10,11). The summed E-state index contributed by atoms with van der Waals surface area (Å²) in [6, 6.07) is 0.172. The van der Waals surface area contributed by atoms with Crippen molar-refractivity contribution in [2.45, 2.75) is 25.8 Å². The van der Waals surface area contributed by atoms with Gasteiger partial charge in [0.25, 0.3) is 0 Å². The Hall–Kier alpha value is -0.220. The highest BCUT2D eigenvalue weighted by molar-refractivity contribution is 7.98. The molecule has 0 bridgehead atoms. The Kier molecular flexibility index (Phi) is 7.29. The smallest absolute Gasteiger partial charge is 0.220 e. The highest BCUT2D eigenvalue weighted by Crippen LogP contribution is 1.94. The Balaban J connectivity index is 3.20. The molecule has 0 aromatic carbocycles. The van der Waals surface area contributed by atoms with E-state index in [0.29, 0.717) is 13.0 Å². The monoisotopic (exact) mass is 190 g/mol. The summed E-state index contributed by atoms with van der Waals surface area (Å²) in [7, 11) is 0. The minimum atomic E-state index is 0.130. The predicted octanol–water partition coefficient (Wildman–Crippen LogP) is 0.593. The molecule has 0 aromatic heterocycles. The number of carbonyl (C=O) groups excluding carboxylic acids is 1. The molecule has 0 aliphatic rings. The van der Waals surface area contributed by atoms with Crippen LogP contribution in [0.4, 0.5) is 0 Å². The van der Waals surface area contributed by atoms with Crippen molar-refractivity contribution in [1.82, 2.24) is 5.32 Å². The van der Waals surface area contributed by atoms with Gasteiger partial charge in [-0.2, -0.15) is 11.8 Å². The van der Waals surface area contributed by atoms with Crippen LogP contribution in [0.2, 0.25) is 0 Å². The van der Waals surface area contributed by atoms with Crippen LogP contribution in [0.3, 0.4) is 0 Å². The molecule has 3 N–H and O–H groups in total. The number of amides is 1. The maximum Gasteiger partial charge on any atom is 0.220 e. The molecule has 0 heterocycles. The zero-order chi connectivity index (χ0) is 9.40. The number of nitrogens with one attached hydrogen (secondary N) is 1. The first-order valence-electron chi connectivity index (χ1n) is 4.18. The van der Waals surface area contributed by atoms with E-state index in [2.05, 4.69) is 5.32 Å². The highest BCUT2D eigenvalue weighted by Gasteiger charge is 1.99. The lowest BCUT2D eigenvalue weighted by atomic mass is 10.2. The lowest BCUT2D eigenvalue weighted by Crippen LogP contribution is -2.29. The Morgan fingerprint density at radius 2 is 2.33 bits per heavy atom. The second kappa shape index (κ2) is 7.43. The minimum absolute atomic E-state index is 0.130. The van der Waals surface area contributed by atoms with E-state index in [1.807, 2.05) is 13.2 Å². The van der Waals surface area contributed by atoms with Crippen LogP contribution < -0.4 is 11.1 Å². The molecule has 1 atom stereocenters. The fourth-order valence-corrected chi connectivity index (χ4v) is 1.11. The molecule has 0 radical (unpaired) electrons. The first kappa shape index (κ1) is 11.8. The summed E-state index contributed by atoms with van der Waals surface area (Å²) in [5.74, 6) is 1.02. The van der Waals surface area contributed by atoms with Gasteiger partial charge in [-0.15, -0.1) is 0 Å². The van der Waals surface area contributed by atoms with Crippen molar-refractivity contribution in [2.24, 2.45) is 5.73 Å². The van der Waals surface area contributed by atoms with Crippen molar-refractivity contribution in [3.63, 3.8) is 0 Å². The van der Waals surface area contributed by atoms with Gasteiger partial charge in [-0.25, -0.2) is 0 Å². The van der Waals surface area contributed by atoms with E-state index < -0.39 is 0 Å². The fraction of sp³-hybridized carbons (Fsp3) is 0.875. The van der Waals surface area contributed by atoms with E-state index in [0.717, 1.165) is 12.2 Å². The van der Waals surface area contributed by atoms with E-state index in [4.69, 9.17) is 5.73 Å². The normalized spacial score (nSPS) is 12.6. The van der Waals surface area contributed by atoms with Crippen molar-refractivity contribution >= 4 is 17.7 Å². The van der Waals surface area contributed by atoms with E-state index in [-0.39, 0.29) is 11.9 Å². The summed E-state index contributed by atoms with van der Waals surface area (Å²) in [5.41, 5.74) is 5.52. The van der Waals surface area contributed by atoms with Crippen molar-refractivity contribution in [1.29, 1.82) is 0 Å². The summed E-state index contributed by atoms with van der Waals surface area (Å²) < 4.78 is 0. The summed E-state index contributed by atoms with van der Waals surface area (Å²) in [4.78, 5) is 11.0. The SMILES string of the molecule is CSCCC(=O)NCCC(C)N. The summed E-state index contributed by atoms with van der Waals surface area (Å²) in [6.45, 7) is 2.64. The maximum absolute atomic E-state index is 11.0. The molecule has 4 heteroatoms. The van der Waals surface area contributed by atoms with Crippen molar-refractivity contribution in [2.75, 3.05) is 18.6 Å². The molecule has 72 valence electrons. The van der Waals surface area contributed by atoms with Crippen molar-refractivity contribution in [3.05, 3.63) is 0 Å². The lowest BCUT2D eigenvalue weighted by Gasteiger charge is -2.06. The molecule has 0 saturated heterocycles. The predicted molar refractivity (Wildman–Crippen MR) is 54.3 cm³/mol. The molecule has 0 saturated carbocycles. The molecule has 0 aliphatic carbocycles. The Bertz CT molecular complexity index is 128. The van der Waals surface area contributed by atoms with E-state index in [9.17, 15) is 4.79 Å². The second-order valence-electron chi connectivity index (χ2n) is 2.86. The van der Waals surface area contributed by atoms with Gasteiger partial charge in [0.2, 0.25) is 5.91 Å². The van der Waals surface area contributed by atoms with Gasteiger partial charge in [0.1, 0.15) is 0 Å². The van der Waals surface area contributed by atoms with Crippen LogP contribution in [0.25, 0.3) is 0 Å². The number of hydrogen-bond acceptors (Lipinski definition) is 3. The van der Waals surface area contributed by atoms with Gasteiger partial charge >= 0.3 is 0 Å². The fourth-order valence-electron chi connectivity index (χ4n) is 0.722. The number of carbonyl (C=O) groups is 1. The van der Waals surface area contributed by atoms with Gasteiger partial charge in [-0.3, -0.25) is 4.79 Å². The molecule has 0 fully saturated rings. The third-order valence-electron chi connectivity index (χ3n) is 1.46.